The number of sulfonamides is 2. The van der Waals surface area contributed by atoms with Crippen LogP contribution < -0.4 is 58.3 Å². The van der Waals surface area contributed by atoms with Gasteiger partial charge in [0.15, 0.2) is 5.95 Å². The standard InChI is InChI=1S/C18H19N5O4S.C14H19N3O4.C10H16O6.C8H13N3O.C8H15N3.C6H8N2O2S.C3H5N3O4S/c1-11(2)7-9-22-16(24)14(17(25)23-10-8-19-18(22)23)15-20-12-5-3-4-6-13(12)28(26,27)21-15;1-4-21-13(20)10-11(18)16(7-5-9(2)3)14-15-6-8-17(14)12(10)19;1-4-14-8(11)7(9(12)15-5-2)10(13)16-6-3;1-6(2)5-7(12)11-8-9-3-4-10-8;1-7(2)3-4-9-8-10-5-6-11-8;7-5-3-1-2-4-6(5)11(8,9)10;7-11(8)10-9-6-3-4-1-2-5-3/h3-6,8,10-11,20-21H,7,9H2,1-2H3;6,8-10H,4-5,7H2,1-3H3;7H,4-6H2,1-3H3;3-4,6H,5H2,1-2H3,(H2,9,10,11,12);5-7H,3-4H2,1-2H3,(H2,9,10,11);1-4H,7H2,(H2,8,9,10);1-2H,(H,7,8)(H2,4,5,6)/p-1. The number of nitrogens with one attached hydrogen (secondary N) is 8. The van der Waals surface area contributed by atoms with E-state index in [1.54, 1.807) is 76.6 Å². The molecule has 0 radical (unpaired) electrons. The van der Waals surface area contributed by atoms with Crippen LogP contribution in [0, 0.1) is 35.5 Å². The van der Waals surface area contributed by atoms with Crippen LogP contribution in [-0.2, 0) is 95.0 Å². The van der Waals surface area contributed by atoms with E-state index in [2.05, 4.69) is 103 Å². The molecule has 0 aliphatic carbocycles. The normalized spacial score (nSPS) is 13.8. The summed E-state index contributed by atoms with van der Waals surface area (Å²) in [5.41, 5.74) is 6.67. The lowest BCUT2D eigenvalue weighted by atomic mass is 10.0. The number of aromatic nitrogens is 11. The summed E-state index contributed by atoms with van der Waals surface area (Å²) >= 11 is -2.70. The van der Waals surface area contributed by atoms with Crippen molar-refractivity contribution >= 4 is 120 Å². The molecule has 2 unspecified atom stereocenters. The van der Waals surface area contributed by atoms with E-state index in [4.69, 9.17) is 15.6 Å². The molecule has 43 heteroatoms. The Kier molecular flexibility index (Phi) is 37.7. The first-order valence-electron chi connectivity index (χ1n) is 34.3. The number of esters is 4. The first kappa shape index (κ1) is 91.1. The van der Waals surface area contributed by atoms with E-state index in [9.17, 15) is 68.7 Å². The van der Waals surface area contributed by atoms with Crippen molar-refractivity contribution in [2.75, 3.05) is 71.6 Å². The highest BCUT2D eigenvalue weighted by atomic mass is 32.2. The van der Waals surface area contributed by atoms with Crippen molar-refractivity contribution in [1.29, 1.82) is 0 Å². The van der Waals surface area contributed by atoms with E-state index in [1.807, 2.05) is 47.7 Å². The maximum Gasteiger partial charge on any atom is 0.331 e. The van der Waals surface area contributed by atoms with Crippen LogP contribution in [0.5, 0.6) is 0 Å². The number of rotatable bonds is 26. The highest BCUT2D eigenvalue weighted by Gasteiger charge is 2.46. The van der Waals surface area contributed by atoms with E-state index in [-0.39, 0.29) is 76.5 Å². The van der Waals surface area contributed by atoms with E-state index in [0.717, 1.165) is 24.8 Å². The molecule has 0 fully saturated rings. The van der Waals surface area contributed by atoms with Gasteiger partial charge < -0.3 is 54.8 Å². The molecule has 8 heterocycles. The fraction of sp³-hybridized carbons (Fsp3) is 0.433. The number of amides is 2. The summed E-state index contributed by atoms with van der Waals surface area (Å²) in [4.78, 5) is 141. The molecule has 602 valence electrons. The molecule has 0 spiro atoms. The lowest BCUT2D eigenvalue weighted by Crippen LogP contribution is -2.53. The first-order valence-corrected chi connectivity index (χ1v) is 38.3. The van der Waals surface area contributed by atoms with Crippen LogP contribution in [0.3, 0.4) is 0 Å². The summed E-state index contributed by atoms with van der Waals surface area (Å²) < 4.78 is 94.6. The van der Waals surface area contributed by atoms with Crippen LogP contribution in [0.25, 0.3) is 11.6 Å². The van der Waals surface area contributed by atoms with Gasteiger partial charge in [-0.3, -0.25) is 71.6 Å². The summed E-state index contributed by atoms with van der Waals surface area (Å²) in [7, 11) is -7.57. The Balaban J connectivity index is 0.000000280. The molecular weight excluding hydrogens is 1500 g/mol. The molecule has 110 heavy (non-hydrogen) atoms. The Bertz CT molecular complexity index is 4660. The van der Waals surface area contributed by atoms with E-state index < -0.39 is 90.1 Å². The fourth-order valence-electron chi connectivity index (χ4n) is 9.19. The van der Waals surface area contributed by atoms with Gasteiger partial charge in [0.05, 0.1) is 37.8 Å². The number of primary sulfonamides is 1. The van der Waals surface area contributed by atoms with Crippen LogP contribution in [0.4, 0.5) is 35.2 Å². The highest BCUT2D eigenvalue weighted by Crippen LogP contribution is 2.27. The molecule has 2 aromatic carbocycles. The Morgan fingerprint density at radius 1 is 0.655 bits per heavy atom. The summed E-state index contributed by atoms with van der Waals surface area (Å²) in [6.45, 7) is 25.0. The third-order valence-electron chi connectivity index (χ3n) is 14.3. The molecule has 8 aromatic rings. The van der Waals surface area contributed by atoms with Gasteiger partial charge in [-0.05, 0) is 94.9 Å². The number of hydrogen-bond donors (Lipinski definition) is 10. The van der Waals surface area contributed by atoms with E-state index >= 15 is 0 Å². The van der Waals surface area contributed by atoms with Gasteiger partial charge >= 0.3 is 23.9 Å². The summed E-state index contributed by atoms with van der Waals surface area (Å²) in [5, 5.41) is 13.3. The zero-order valence-corrected chi connectivity index (χ0v) is 65.1. The van der Waals surface area contributed by atoms with Crippen LogP contribution in [0.15, 0.2) is 130 Å². The average Bonchev–Trinajstić information content (AvgIpc) is 1.43. The number of nitrogens with zero attached hydrogens (tertiary/aromatic N) is 9. The number of H-pyrrole nitrogens is 3. The number of hydrogen-bond acceptors (Lipinski definition) is 30. The number of carbonyl (C=O) groups is 7. The van der Waals surface area contributed by atoms with Crippen molar-refractivity contribution < 1.29 is 87.4 Å². The van der Waals surface area contributed by atoms with Crippen molar-refractivity contribution in [3.63, 3.8) is 0 Å². The zero-order valence-electron chi connectivity index (χ0n) is 62.6. The number of aromatic amines is 3. The van der Waals surface area contributed by atoms with Gasteiger partial charge in [-0.25, -0.2) is 56.6 Å². The Labute approximate surface area is 636 Å². The molecule has 6 aromatic heterocycles. The van der Waals surface area contributed by atoms with Crippen molar-refractivity contribution in [2.45, 2.75) is 125 Å². The number of fused-ring (bicyclic) bond motifs is 3. The van der Waals surface area contributed by atoms with Crippen molar-refractivity contribution in [2.24, 2.45) is 40.6 Å². The van der Waals surface area contributed by atoms with Gasteiger partial charge in [0.2, 0.25) is 45.5 Å². The second-order valence-corrected chi connectivity index (χ2v) is 28.3. The van der Waals surface area contributed by atoms with Gasteiger partial charge in [-0.1, -0.05) is 84.6 Å². The lowest BCUT2D eigenvalue weighted by molar-refractivity contribution is -0.175. The van der Waals surface area contributed by atoms with Crippen LogP contribution >= 0.6 is 0 Å². The Morgan fingerprint density at radius 3 is 1.71 bits per heavy atom. The zero-order chi connectivity index (χ0) is 81.8. The summed E-state index contributed by atoms with van der Waals surface area (Å²) in [6.07, 6.45) is 18.8. The van der Waals surface area contributed by atoms with E-state index in [1.165, 1.54) is 80.2 Å². The Hall–Kier alpha value is -11.3. The molecule has 0 saturated heterocycles. The predicted molar refractivity (Wildman–Crippen MR) is 401 cm³/mol. The topological polar surface area (TPSA) is 559 Å². The maximum absolute atomic E-state index is 13.2. The number of nitrogens with two attached hydrogens (primary N) is 2. The third kappa shape index (κ3) is 29.0. The second-order valence-electron chi connectivity index (χ2n) is 24.6. The number of nitrogen functional groups attached to an aromatic ring is 1. The number of aryl methyl sites for hydroxylation is 1. The van der Waals surface area contributed by atoms with Gasteiger partial charge in [0, 0.05) is 88.0 Å². The fourth-order valence-corrected chi connectivity index (χ4v) is 11.1. The van der Waals surface area contributed by atoms with Crippen molar-refractivity contribution in [1.82, 2.24) is 58.1 Å². The molecule has 0 bridgehead atoms. The first-order chi connectivity index (χ1) is 52.1. The molecule has 2 aliphatic heterocycles. The van der Waals surface area contributed by atoms with Gasteiger partial charge in [0.1, 0.15) is 32.2 Å². The number of imidazole rings is 5. The van der Waals surface area contributed by atoms with Crippen molar-refractivity contribution in [3.8, 4) is 0 Å². The Morgan fingerprint density at radius 2 is 1.19 bits per heavy atom. The number of carbonyl (C=O) groups excluding carboxylic acids is 7. The molecule has 10 rings (SSSR count). The highest BCUT2D eigenvalue weighted by molar-refractivity contribution is 7.90. The van der Waals surface area contributed by atoms with E-state index in [0.29, 0.717) is 55.3 Å². The molecule has 2 atom stereocenters. The summed E-state index contributed by atoms with van der Waals surface area (Å²) in [6, 6.07) is 12.3. The monoisotopic (exact) mass is 1600 g/mol. The molecule has 0 saturated carbocycles. The van der Waals surface area contributed by atoms with Crippen molar-refractivity contribution in [3.05, 3.63) is 136 Å². The maximum atomic E-state index is 13.2. The SMILES string of the molecule is CC(C)CC(=O)Nc1ncc[nH]1.CC(C)CCNc1ncc[nH]1.CC(C)CCn1c(=O)c(=C2Nc3ccccc3S(=O)(=O)N2)c(=O)n2ccnc12.CCOC(=O)C(C(=O)OCC)C(=O)OCC.CCOC(=O)C1C(=O)N(CCC(C)C)c2nccn2C1=O.Nc1ccccc1S(N)(=O)=O.O=S([O-])OONc1ncc[nH]1. The van der Waals surface area contributed by atoms with Crippen LogP contribution in [0.2, 0.25) is 0 Å². The average molecular weight is 1600 g/mol. The largest absolute Gasteiger partial charge is 0.747 e. The number of ether oxygens (including phenoxy) is 4. The minimum absolute atomic E-state index is 0.0000463. The number of anilines is 6. The molecule has 2 amide bonds. The third-order valence-corrected chi connectivity index (χ3v) is 16.9. The molecule has 40 nitrogen and oxygen atoms in total. The molecule has 12 N–H and O–H groups in total. The minimum atomic E-state index is -3.91. The summed E-state index contributed by atoms with van der Waals surface area (Å²) in [5.74, 6) is -4.04. The smallest absolute Gasteiger partial charge is 0.331 e. The second kappa shape index (κ2) is 45.5. The van der Waals surface area contributed by atoms with Crippen LogP contribution in [-0.4, -0.2) is 160 Å². The molecular formula is C67H94N19O21S3-. The van der Waals surface area contributed by atoms with Crippen LogP contribution in [0.1, 0.15) is 114 Å². The van der Waals surface area contributed by atoms with Gasteiger partial charge in [-0.15, -0.1) is 4.33 Å². The number of benzene rings is 2. The van der Waals surface area contributed by atoms with Gasteiger partial charge in [0.25, 0.3) is 38.9 Å². The minimum Gasteiger partial charge on any atom is -0.747 e. The number of para-hydroxylation sites is 2. The molecule has 2 aliphatic rings. The lowest BCUT2D eigenvalue weighted by Gasteiger charge is -2.30. The quantitative estimate of drug-likeness (QED) is 0.00692. The predicted octanol–water partition coefficient (Wildman–Crippen LogP) is 4.14. The van der Waals surface area contributed by atoms with Gasteiger partial charge in [-0.2, -0.15) is 0 Å².